The van der Waals surface area contributed by atoms with Crippen molar-refractivity contribution < 1.29 is 31.9 Å². The number of methoxy groups -OCH3 is 1. The minimum Gasteiger partial charge on any atom is -0.467 e. The molecule has 26 heavy (non-hydrogen) atoms. The van der Waals surface area contributed by atoms with E-state index in [4.69, 9.17) is 0 Å². The van der Waals surface area contributed by atoms with E-state index in [9.17, 15) is 27.2 Å². The van der Waals surface area contributed by atoms with Crippen molar-refractivity contribution in [2.45, 2.75) is 18.6 Å². The number of carbonyl (C=O) groups is 2. The number of alkyl halides is 3. The average Bonchev–Trinajstić information content (AvgIpc) is 2.61. The van der Waals surface area contributed by atoms with Crippen LogP contribution >= 0.6 is 0 Å². The SMILES string of the molecule is COC(=O)[C@@H](Cc1ccc(F)cc1)NC(=O)c1ccc(C(F)(F)F)cc1. The van der Waals surface area contributed by atoms with Crippen LogP contribution in [0.4, 0.5) is 17.6 Å². The molecule has 0 fully saturated rings. The molecule has 138 valence electrons. The number of hydrogen-bond acceptors (Lipinski definition) is 3. The molecule has 4 nitrogen and oxygen atoms in total. The van der Waals surface area contributed by atoms with Gasteiger partial charge in [-0.3, -0.25) is 4.79 Å². The lowest BCUT2D eigenvalue weighted by Crippen LogP contribution is -2.43. The fraction of sp³-hybridized carbons (Fsp3) is 0.222. The molecule has 0 saturated carbocycles. The van der Waals surface area contributed by atoms with Crippen LogP contribution in [0.25, 0.3) is 0 Å². The highest BCUT2D eigenvalue weighted by molar-refractivity contribution is 5.96. The van der Waals surface area contributed by atoms with Crippen molar-refractivity contribution in [2.75, 3.05) is 7.11 Å². The predicted molar refractivity (Wildman–Crippen MR) is 84.8 cm³/mol. The lowest BCUT2D eigenvalue weighted by Gasteiger charge is -2.17. The van der Waals surface area contributed by atoms with Gasteiger partial charge in [0.25, 0.3) is 5.91 Å². The smallest absolute Gasteiger partial charge is 0.416 e. The van der Waals surface area contributed by atoms with Crippen LogP contribution in [0.15, 0.2) is 48.5 Å². The van der Waals surface area contributed by atoms with E-state index in [2.05, 4.69) is 10.1 Å². The summed E-state index contributed by atoms with van der Waals surface area (Å²) in [5.41, 5.74) is -0.342. The number of esters is 1. The van der Waals surface area contributed by atoms with Crippen molar-refractivity contribution in [2.24, 2.45) is 0 Å². The van der Waals surface area contributed by atoms with E-state index in [-0.39, 0.29) is 12.0 Å². The highest BCUT2D eigenvalue weighted by Crippen LogP contribution is 2.29. The summed E-state index contributed by atoms with van der Waals surface area (Å²) < 4.78 is 55.3. The van der Waals surface area contributed by atoms with Crippen LogP contribution in [-0.4, -0.2) is 25.0 Å². The maximum Gasteiger partial charge on any atom is 0.416 e. The molecule has 0 bridgehead atoms. The Morgan fingerprint density at radius 3 is 2.12 bits per heavy atom. The summed E-state index contributed by atoms with van der Waals surface area (Å²) in [5, 5.41) is 2.42. The third-order valence-electron chi connectivity index (χ3n) is 3.62. The molecule has 2 aromatic carbocycles. The van der Waals surface area contributed by atoms with Gasteiger partial charge in [-0.1, -0.05) is 12.1 Å². The fourth-order valence-corrected chi connectivity index (χ4v) is 2.24. The van der Waals surface area contributed by atoms with Crippen LogP contribution in [0.3, 0.4) is 0 Å². The third-order valence-corrected chi connectivity index (χ3v) is 3.62. The number of benzene rings is 2. The van der Waals surface area contributed by atoms with Crippen LogP contribution in [0.1, 0.15) is 21.5 Å². The van der Waals surface area contributed by atoms with Gasteiger partial charge in [0.05, 0.1) is 12.7 Å². The van der Waals surface area contributed by atoms with Gasteiger partial charge >= 0.3 is 12.1 Å². The molecule has 0 radical (unpaired) electrons. The maximum absolute atomic E-state index is 13.0. The summed E-state index contributed by atoms with van der Waals surface area (Å²) in [7, 11) is 1.14. The Kier molecular flexibility index (Phi) is 5.97. The molecule has 2 aromatic rings. The zero-order chi connectivity index (χ0) is 19.3. The van der Waals surface area contributed by atoms with Crippen LogP contribution < -0.4 is 5.32 Å². The van der Waals surface area contributed by atoms with Crippen LogP contribution in [0.5, 0.6) is 0 Å². The number of halogens is 4. The first kappa shape index (κ1) is 19.4. The number of carbonyl (C=O) groups excluding carboxylic acids is 2. The first-order chi connectivity index (χ1) is 12.2. The van der Waals surface area contributed by atoms with Crippen molar-refractivity contribution in [3.63, 3.8) is 0 Å². The van der Waals surface area contributed by atoms with Gasteiger partial charge in [-0.25, -0.2) is 9.18 Å². The lowest BCUT2D eigenvalue weighted by atomic mass is 10.0. The van der Waals surface area contributed by atoms with Crippen molar-refractivity contribution in [1.29, 1.82) is 0 Å². The molecule has 0 aliphatic heterocycles. The van der Waals surface area contributed by atoms with Gasteiger partial charge in [-0.05, 0) is 42.0 Å². The molecule has 8 heteroatoms. The Morgan fingerprint density at radius 1 is 1.04 bits per heavy atom. The normalized spacial score (nSPS) is 12.3. The molecule has 2 rings (SSSR count). The minimum absolute atomic E-state index is 0.0361. The van der Waals surface area contributed by atoms with Gasteiger partial charge in [0.1, 0.15) is 11.9 Å². The van der Waals surface area contributed by atoms with E-state index >= 15 is 0 Å². The average molecular weight is 369 g/mol. The summed E-state index contributed by atoms with van der Waals surface area (Å²) in [5.74, 6) is -1.90. The zero-order valence-electron chi connectivity index (χ0n) is 13.6. The molecule has 0 aromatic heterocycles. The summed E-state index contributed by atoms with van der Waals surface area (Å²) >= 11 is 0. The van der Waals surface area contributed by atoms with Crippen LogP contribution in [0, 0.1) is 5.82 Å². The van der Waals surface area contributed by atoms with Gasteiger partial charge in [-0.15, -0.1) is 0 Å². The minimum atomic E-state index is -4.51. The molecule has 0 spiro atoms. The Balaban J connectivity index is 2.13. The Morgan fingerprint density at radius 2 is 1.62 bits per heavy atom. The number of rotatable bonds is 5. The topological polar surface area (TPSA) is 55.4 Å². The summed E-state index contributed by atoms with van der Waals surface area (Å²) in [6.45, 7) is 0. The van der Waals surface area contributed by atoms with E-state index in [1.54, 1.807) is 0 Å². The van der Waals surface area contributed by atoms with E-state index in [0.29, 0.717) is 5.56 Å². The molecular formula is C18H15F4NO3. The largest absolute Gasteiger partial charge is 0.467 e. The van der Waals surface area contributed by atoms with E-state index in [0.717, 1.165) is 31.4 Å². The molecule has 1 atom stereocenters. The van der Waals surface area contributed by atoms with E-state index in [1.165, 1.54) is 24.3 Å². The molecule has 0 unspecified atom stereocenters. The monoisotopic (exact) mass is 369 g/mol. The van der Waals surface area contributed by atoms with Crippen molar-refractivity contribution in [3.8, 4) is 0 Å². The van der Waals surface area contributed by atoms with Gasteiger partial charge < -0.3 is 10.1 Å². The highest BCUT2D eigenvalue weighted by atomic mass is 19.4. The zero-order valence-corrected chi connectivity index (χ0v) is 13.6. The standard InChI is InChI=1S/C18H15F4NO3/c1-26-17(25)15(10-11-2-8-14(19)9-3-11)23-16(24)12-4-6-13(7-5-12)18(20,21)22/h2-9,15H,10H2,1H3,(H,23,24)/t15-/m1/s1. The molecule has 0 aliphatic carbocycles. The Hall–Kier alpha value is -2.90. The van der Waals surface area contributed by atoms with Gasteiger partial charge in [0, 0.05) is 12.0 Å². The summed E-state index contributed by atoms with van der Waals surface area (Å²) in [4.78, 5) is 24.1. The molecule has 0 aliphatic rings. The molecule has 0 heterocycles. The molecular weight excluding hydrogens is 354 g/mol. The van der Waals surface area contributed by atoms with Gasteiger partial charge in [0.2, 0.25) is 0 Å². The first-order valence-corrected chi connectivity index (χ1v) is 7.51. The number of hydrogen-bond donors (Lipinski definition) is 1. The van der Waals surface area contributed by atoms with E-state index in [1.807, 2.05) is 0 Å². The van der Waals surface area contributed by atoms with Crippen LogP contribution in [-0.2, 0) is 22.1 Å². The van der Waals surface area contributed by atoms with Crippen molar-refractivity contribution in [3.05, 3.63) is 71.0 Å². The Labute approximate surface area is 146 Å². The molecule has 0 saturated heterocycles. The van der Waals surface area contributed by atoms with Crippen molar-refractivity contribution >= 4 is 11.9 Å². The predicted octanol–water partition coefficient (Wildman–Crippen LogP) is 3.36. The number of nitrogens with one attached hydrogen (secondary N) is 1. The maximum atomic E-state index is 13.0. The quantitative estimate of drug-likeness (QED) is 0.650. The fourth-order valence-electron chi connectivity index (χ4n) is 2.24. The third kappa shape index (κ3) is 5.05. The molecule has 1 amide bonds. The van der Waals surface area contributed by atoms with Gasteiger partial charge in [-0.2, -0.15) is 13.2 Å². The highest BCUT2D eigenvalue weighted by Gasteiger charge is 2.30. The first-order valence-electron chi connectivity index (χ1n) is 7.51. The van der Waals surface area contributed by atoms with E-state index < -0.39 is 35.5 Å². The summed E-state index contributed by atoms with van der Waals surface area (Å²) in [6.07, 6.45) is -4.47. The Bertz CT molecular complexity index is 771. The number of ether oxygens (including phenoxy) is 1. The number of amides is 1. The van der Waals surface area contributed by atoms with Crippen molar-refractivity contribution in [1.82, 2.24) is 5.32 Å². The van der Waals surface area contributed by atoms with Gasteiger partial charge in [0.15, 0.2) is 0 Å². The summed E-state index contributed by atoms with van der Waals surface area (Å²) in [6, 6.07) is 7.85. The molecule has 1 N–H and O–H groups in total. The second-order valence-electron chi connectivity index (χ2n) is 5.45. The second kappa shape index (κ2) is 7.99. The lowest BCUT2D eigenvalue weighted by molar-refractivity contribution is -0.142. The van der Waals surface area contributed by atoms with Crippen LogP contribution in [0.2, 0.25) is 0 Å². The second-order valence-corrected chi connectivity index (χ2v) is 5.45.